The van der Waals surface area contributed by atoms with Crippen LogP contribution in [-0.2, 0) is 16.0 Å². The average Bonchev–Trinajstić information content (AvgIpc) is 2.63. The molecule has 126 valence electrons. The zero-order valence-electron chi connectivity index (χ0n) is 13.4. The molecule has 0 radical (unpaired) electrons. The summed E-state index contributed by atoms with van der Waals surface area (Å²) >= 11 is 0. The lowest BCUT2D eigenvalue weighted by molar-refractivity contribution is -0.138. The number of benzene rings is 1. The first kappa shape index (κ1) is 16.3. The topological polar surface area (TPSA) is 67.4 Å². The second-order valence-electron chi connectivity index (χ2n) is 5.54. The first-order valence-corrected chi connectivity index (χ1v) is 7.80. The number of carbonyl (C=O) groups is 1. The lowest BCUT2D eigenvalue weighted by atomic mass is 10.1. The van der Waals surface area contributed by atoms with Crippen molar-refractivity contribution in [1.29, 1.82) is 0 Å². The molecule has 1 saturated heterocycles. The van der Waals surface area contributed by atoms with Crippen LogP contribution in [0.5, 0.6) is 0 Å². The Labute approximate surface area is 139 Å². The quantitative estimate of drug-likeness (QED) is 0.926. The fraction of sp³-hybridized carbons (Fsp3) is 0.353. The van der Waals surface area contributed by atoms with Gasteiger partial charge in [0, 0.05) is 26.0 Å². The molecule has 7 heteroatoms. The monoisotopic (exact) mass is 330 g/mol. The highest BCUT2D eigenvalue weighted by Gasteiger charge is 2.28. The van der Waals surface area contributed by atoms with Crippen molar-refractivity contribution in [2.24, 2.45) is 0 Å². The van der Waals surface area contributed by atoms with Crippen molar-refractivity contribution in [1.82, 2.24) is 14.9 Å². The first-order chi connectivity index (χ1) is 11.7. The van der Waals surface area contributed by atoms with Crippen LogP contribution in [0.1, 0.15) is 17.4 Å². The van der Waals surface area contributed by atoms with E-state index in [0.717, 1.165) is 5.56 Å². The Morgan fingerprint density at radius 2 is 2.08 bits per heavy atom. The molecule has 1 amide bonds. The molecule has 3 rings (SSSR count). The molecule has 1 aromatic carbocycles. The zero-order valence-corrected chi connectivity index (χ0v) is 13.4. The van der Waals surface area contributed by atoms with Gasteiger partial charge in [0.1, 0.15) is 23.4 Å². The molecule has 2 heterocycles. The van der Waals surface area contributed by atoms with E-state index in [0.29, 0.717) is 31.2 Å². The van der Waals surface area contributed by atoms with E-state index in [1.807, 2.05) is 0 Å². The standard InChI is InChI=1S/C17H19FN4O2/c1-19-17-16(20-6-7-21-17)14-11-22(8-9-24-14)15(23)10-12-2-4-13(18)5-3-12/h2-7,14H,8-11H2,1H3,(H,19,21)/t14-/m0/s1. The Bertz CT molecular complexity index is 708. The number of amides is 1. The number of carbonyl (C=O) groups excluding carboxylic acids is 1. The minimum absolute atomic E-state index is 0.00944. The summed E-state index contributed by atoms with van der Waals surface area (Å²) in [6.45, 7) is 1.40. The van der Waals surface area contributed by atoms with E-state index in [1.54, 1.807) is 36.5 Å². The molecule has 0 spiro atoms. The molecule has 0 unspecified atom stereocenters. The number of hydrogen-bond donors (Lipinski definition) is 1. The highest BCUT2D eigenvalue weighted by molar-refractivity contribution is 5.79. The van der Waals surface area contributed by atoms with Gasteiger partial charge in [0.25, 0.3) is 0 Å². The molecule has 1 fully saturated rings. The Morgan fingerprint density at radius 3 is 2.83 bits per heavy atom. The fourth-order valence-corrected chi connectivity index (χ4v) is 2.71. The van der Waals surface area contributed by atoms with E-state index in [9.17, 15) is 9.18 Å². The maximum Gasteiger partial charge on any atom is 0.227 e. The van der Waals surface area contributed by atoms with Crippen molar-refractivity contribution in [3.05, 3.63) is 53.7 Å². The predicted molar refractivity (Wildman–Crippen MR) is 87.0 cm³/mol. The molecule has 0 aliphatic carbocycles. The number of hydrogen-bond acceptors (Lipinski definition) is 5. The maximum atomic E-state index is 13.0. The number of anilines is 1. The van der Waals surface area contributed by atoms with Crippen molar-refractivity contribution >= 4 is 11.7 Å². The predicted octanol–water partition coefficient (Wildman–Crippen LogP) is 1.80. The summed E-state index contributed by atoms with van der Waals surface area (Å²) < 4.78 is 18.7. The summed E-state index contributed by atoms with van der Waals surface area (Å²) in [6.07, 6.45) is 3.15. The minimum Gasteiger partial charge on any atom is -0.372 e. The number of nitrogens with zero attached hydrogens (tertiary/aromatic N) is 3. The summed E-state index contributed by atoms with van der Waals surface area (Å²) in [7, 11) is 1.77. The van der Waals surface area contributed by atoms with Crippen LogP contribution in [0.15, 0.2) is 36.7 Å². The van der Waals surface area contributed by atoms with Gasteiger partial charge in [-0.1, -0.05) is 12.1 Å². The lowest BCUT2D eigenvalue weighted by Crippen LogP contribution is -2.43. The molecule has 0 saturated carbocycles. The normalized spacial score (nSPS) is 17.6. The molecule has 1 aromatic heterocycles. The van der Waals surface area contributed by atoms with E-state index in [-0.39, 0.29) is 24.2 Å². The van der Waals surface area contributed by atoms with Crippen LogP contribution in [0.25, 0.3) is 0 Å². The highest BCUT2D eigenvalue weighted by atomic mass is 19.1. The van der Waals surface area contributed by atoms with Gasteiger partial charge in [0.05, 0.1) is 19.6 Å². The van der Waals surface area contributed by atoms with Crippen LogP contribution in [0.4, 0.5) is 10.2 Å². The largest absolute Gasteiger partial charge is 0.372 e. The van der Waals surface area contributed by atoms with E-state index >= 15 is 0 Å². The maximum absolute atomic E-state index is 13.0. The number of rotatable bonds is 4. The van der Waals surface area contributed by atoms with Gasteiger partial charge in [-0.15, -0.1) is 0 Å². The van der Waals surface area contributed by atoms with Crippen LogP contribution < -0.4 is 5.32 Å². The molecule has 1 N–H and O–H groups in total. The summed E-state index contributed by atoms with van der Waals surface area (Å²) in [4.78, 5) is 22.8. The van der Waals surface area contributed by atoms with E-state index in [2.05, 4.69) is 15.3 Å². The highest BCUT2D eigenvalue weighted by Crippen LogP contribution is 2.25. The number of nitrogens with one attached hydrogen (secondary N) is 1. The SMILES string of the molecule is CNc1nccnc1[C@@H]1CN(C(=O)Cc2ccc(F)cc2)CCO1. The van der Waals surface area contributed by atoms with Crippen molar-refractivity contribution in [2.45, 2.75) is 12.5 Å². The molecule has 6 nitrogen and oxygen atoms in total. The van der Waals surface area contributed by atoms with Gasteiger partial charge in [-0.25, -0.2) is 9.37 Å². The molecular weight excluding hydrogens is 311 g/mol. The lowest BCUT2D eigenvalue weighted by Gasteiger charge is -2.33. The summed E-state index contributed by atoms with van der Waals surface area (Å²) in [5.74, 6) is 0.333. The van der Waals surface area contributed by atoms with Crippen molar-refractivity contribution < 1.29 is 13.9 Å². The van der Waals surface area contributed by atoms with Crippen molar-refractivity contribution in [2.75, 3.05) is 32.1 Å². The van der Waals surface area contributed by atoms with Crippen molar-refractivity contribution in [3.63, 3.8) is 0 Å². The first-order valence-electron chi connectivity index (χ1n) is 7.80. The van der Waals surface area contributed by atoms with Crippen LogP contribution >= 0.6 is 0 Å². The van der Waals surface area contributed by atoms with Crippen molar-refractivity contribution in [3.8, 4) is 0 Å². The van der Waals surface area contributed by atoms with Gasteiger partial charge in [0.15, 0.2) is 0 Å². The Morgan fingerprint density at radius 1 is 1.33 bits per heavy atom. The van der Waals surface area contributed by atoms with Gasteiger partial charge < -0.3 is 15.0 Å². The van der Waals surface area contributed by atoms with Gasteiger partial charge >= 0.3 is 0 Å². The third kappa shape index (κ3) is 3.68. The van der Waals surface area contributed by atoms with E-state index < -0.39 is 0 Å². The van der Waals surface area contributed by atoms with Crippen LogP contribution in [0.2, 0.25) is 0 Å². The van der Waals surface area contributed by atoms with Gasteiger partial charge in [0.2, 0.25) is 5.91 Å². The zero-order chi connectivity index (χ0) is 16.9. The number of halogens is 1. The van der Waals surface area contributed by atoms with Crippen LogP contribution in [0, 0.1) is 5.82 Å². The Kier molecular flexibility index (Phi) is 5.00. The summed E-state index contributed by atoms with van der Waals surface area (Å²) in [5, 5.41) is 2.99. The second kappa shape index (κ2) is 7.35. The molecule has 0 bridgehead atoms. The van der Waals surface area contributed by atoms with Gasteiger partial charge in [-0.3, -0.25) is 9.78 Å². The number of aromatic nitrogens is 2. The molecular formula is C17H19FN4O2. The van der Waals surface area contributed by atoms with Gasteiger partial charge in [-0.05, 0) is 17.7 Å². The van der Waals surface area contributed by atoms with Gasteiger partial charge in [-0.2, -0.15) is 0 Å². The van der Waals surface area contributed by atoms with E-state index in [1.165, 1.54) is 12.1 Å². The third-order valence-corrected chi connectivity index (χ3v) is 3.96. The Hall–Kier alpha value is -2.54. The van der Waals surface area contributed by atoms with E-state index in [4.69, 9.17) is 4.74 Å². The molecule has 1 aliphatic rings. The molecule has 2 aromatic rings. The second-order valence-corrected chi connectivity index (χ2v) is 5.54. The van der Waals surface area contributed by atoms with Crippen LogP contribution in [0.3, 0.4) is 0 Å². The minimum atomic E-state index is -0.313. The van der Waals surface area contributed by atoms with Crippen LogP contribution in [-0.4, -0.2) is 47.5 Å². The average molecular weight is 330 g/mol. The fourth-order valence-electron chi connectivity index (χ4n) is 2.71. The Balaban J connectivity index is 1.68. The molecule has 1 aliphatic heterocycles. The molecule has 1 atom stereocenters. The summed E-state index contributed by atoms with van der Waals surface area (Å²) in [6, 6.07) is 5.99. The molecule has 24 heavy (non-hydrogen) atoms. The number of morpholine rings is 1. The summed E-state index contributed by atoms with van der Waals surface area (Å²) in [5.41, 5.74) is 1.49. The third-order valence-electron chi connectivity index (χ3n) is 3.96. The number of ether oxygens (including phenoxy) is 1. The smallest absolute Gasteiger partial charge is 0.227 e.